The number of thiocarbonyl (C=S) groups is 1. The summed E-state index contributed by atoms with van der Waals surface area (Å²) in [6.07, 6.45) is 5.63. The van der Waals surface area contributed by atoms with Crippen LogP contribution in [0, 0.1) is 0 Å². The van der Waals surface area contributed by atoms with Gasteiger partial charge in [-0.1, -0.05) is 62.9 Å². The van der Waals surface area contributed by atoms with E-state index in [1.54, 1.807) is 6.92 Å². The van der Waals surface area contributed by atoms with Crippen LogP contribution in [0.1, 0.15) is 51.5 Å². The van der Waals surface area contributed by atoms with Gasteiger partial charge >= 0.3 is 5.97 Å². The summed E-state index contributed by atoms with van der Waals surface area (Å²) in [5.74, 6) is -0.170. The molecule has 0 radical (unpaired) electrons. The minimum absolute atomic E-state index is 0.331. The number of rotatable bonds is 13. The lowest BCUT2D eigenvalue weighted by Gasteiger charge is -2.20. The van der Waals surface area contributed by atoms with Gasteiger partial charge in [-0.2, -0.15) is 0 Å². The first kappa shape index (κ1) is 25.7. The van der Waals surface area contributed by atoms with Crippen LogP contribution in [0.5, 0.6) is 0 Å². The van der Waals surface area contributed by atoms with Crippen LogP contribution < -0.4 is 10.2 Å². The fraction of sp³-hybridized carbons (Fsp3) is 0.480. The van der Waals surface area contributed by atoms with Crippen molar-refractivity contribution in [2.24, 2.45) is 0 Å². The molecular formula is C25H35N3O3S. The number of benzene rings is 1. The molecule has 0 aliphatic carbocycles. The fourth-order valence-corrected chi connectivity index (χ4v) is 3.56. The Bertz CT molecular complexity index is 858. The average molecular weight is 458 g/mol. The quantitative estimate of drug-likeness (QED) is 0.322. The van der Waals surface area contributed by atoms with Gasteiger partial charge in [-0.05, 0) is 43.3 Å². The zero-order valence-electron chi connectivity index (χ0n) is 19.3. The predicted molar refractivity (Wildman–Crippen MR) is 134 cm³/mol. The molecule has 2 aromatic rings. The summed E-state index contributed by atoms with van der Waals surface area (Å²) < 4.78 is 5.30. The summed E-state index contributed by atoms with van der Waals surface area (Å²) in [6, 6.07) is 13.6. The molecule has 0 fully saturated rings. The molecule has 0 spiro atoms. The summed E-state index contributed by atoms with van der Waals surface area (Å²) in [4.78, 5) is 18.0. The molecule has 0 bridgehead atoms. The Hall–Kier alpha value is -2.51. The summed E-state index contributed by atoms with van der Waals surface area (Å²) in [7, 11) is 1.92. The van der Waals surface area contributed by atoms with Crippen molar-refractivity contribution in [3.05, 3.63) is 48.0 Å². The van der Waals surface area contributed by atoms with E-state index in [-0.39, 0.29) is 0 Å². The lowest BCUT2D eigenvalue weighted by Crippen LogP contribution is -2.38. The lowest BCUT2D eigenvalue weighted by molar-refractivity contribution is -0.149. The Labute approximate surface area is 197 Å². The van der Waals surface area contributed by atoms with E-state index in [0.717, 1.165) is 35.6 Å². The van der Waals surface area contributed by atoms with Crippen LogP contribution in [0.4, 0.5) is 5.82 Å². The molecule has 1 aromatic carbocycles. The van der Waals surface area contributed by atoms with Crippen molar-refractivity contribution in [1.82, 2.24) is 10.3 Å². The number of aromatic nitrogens is 1. The van der Waals surface area contributed by atoms with E-state index in [2.05, 4.69) is 12.2 Å². The second-order valence-electron chi connectivity index (χ2n) is 7.77. The minimum Gasteiger partial charge on any atom is -0.479 e. The van der Waals surface area contributed by atoms with Crippen molar-refractivity contribution in [2.75, 3.05) is 25.1 Å². The molecule has 174 valence electrons. The molecule has 7 heteroatoms. The number of nitrogens with one attached hydrogen (secondary N) is 1. The molecule has 0 aliphatic rings. The first-order valence-corrected chi connectivity index (χ1v) is 11.8. The summed E-state index contributed by atoms with van der Waals surface area (Å²) in [5.41, 5.74) is 2.71. The summed E-state index contributed by atoms with van der Waals surface area (Å²) in [5, 5.41) is 13.3. The first-order chi connectivity index (χ1) is 15.5. The van der Waals surface area contributed by atoms with E-state index in [1.807, 2.05) is 54.4 Å². The predicted octanol–water partition coefficient (Wildman–Crippen LogP) is 5.06. The second-order valence-corrected chi connectivity index (χ2v) is 8.16. The van der Waals surface area contributed by atoms with Crippen molar-refractivity contribution in [3.63, 3.8) is 0 Å². The Morgan fingerprint density at radius 3 is 2.50 bits per heavy atom. The normalized spacial score (nSPS) is 11.7. The number of anilines is 1. The highest BCUT2D eigenvalue weighted by atomic mass is 32.1. The third-order valence-electron chi connectivity index (χ3n) is 5.25. The summed E-state index contributed by atoms with van der Waals surface area (Å²) >= 11 is 5.53. The number of carboxylic acid groups (broad SMARTS) is 1. The molecule has 6 nitrogen and oxygen atoms in total. The second kappa shape index (κ2) is 13.8. The van der Waals surface area contributed by atoms with Crippen LogP contribution >= 0.6 is 12.2 Å². The maximum Gasteiger partial charge on any atom is 0.333 e. The van der Waals surface area contributed by atoms with E-state index >= 15 is 0 Å². The smallest absolute Gasteiger partial charge is 0.333 e. The van der Waals surface area contributed by atoms with Crippen LogP contribution in [0.3, 0.4) is 0 Å². The number of ether oxygens (including phenoxy) is 1. The molecule has 0 saturated heterocycles. The molecule has 1 heterocycles. The maximum absolute atomic E-state index is 11.3. The Morgan fingerprint density at radius 1 is 1.12 bits per heavy atom. The van der Waals surface area contributed by atoms with E-state index in [9.17, 15) is 9.90 Å². The molecule has 0 amide bonds. The minimum atomic E-state index is -0.945. The molecule has 0 aliphatic heterocycles. The summed E-state index contributed by atoms with van der Waals surface area (Å²) in [6.45, 7) is 5.25. The number of unbranched alkanes of at least 4 members (excludes halogenated alkanes) is 4. The highest BCUT2D eigenvalue weighted by molar-refractivity contribution is 7.80. The van der Waals surface area contributed by atoms with Crippen molar-refractivity contribution in [2.45, 2.75) is 58.5 Å². The van der Waals surface area contributed by atoms with Crippen molar-refractivity contribution in [1.29, 1.82) is 0 Å². The molecule has 0 unspecified atom stereocenters. The van der Waals surface area contributed by atoms with Crippen LogP contribution in [0.2, 0.25) is 0 Å². The van der Waals surface area contributed by atoms with E-state index < -0.39 is 12.1 Å². The first-order valence-electron chi connectivity index (χ1n) is 11.4. The molecule has 32 heavy (non-hydrogen) atoms. The zero-order chi connectivity index (χ0) is 23.3. The van der Waals surface area contributed by atoms with Crippen LogP contribution in [-0.2, 0) is 16.0 Å². The number of carbonyl (C=O) groups is 1. The largest absolute Gasteiger partial charge is 0.479 e. The number of hydrogen-bond donors (Lipinski definition) is 2. The topological polar surface area (TPSA) is 74.7 Å². The van der Waals surface area contributed by atoms with Crippen LogP contribution in [0.15, 0.2) is 42.5 Å². The number of aliphatic carboxylic acids is 1. The number of carboxylic acids is 1. The van der Waals surface area contributed by atoms with Gasteiger partial charge in [0.25, 0.3) is 0 Å². The number of pyridine rings is 1. The molecule has 2 N–H and O–H groups in total. The van der Waals surface area contributed by atoms with Gasteiger partial charge in [0.1, 0.15) is 5.82 Å². The van der Waals surface area contributed by atoms with Gasteiger partial charge in [0.2, 0.25) is 0 Å². The van der Waals surface area contributed by atoms with Crippen LogP contribution in [0.25, 0.3) is 11.3 Å². The van der Waals surface area contributed by atoms with Gasteiger partial charge in [0.05, 0.1) is 5.69 Å². The van der Waals surface area contributed by atoms with Gasteiger partial charge < -0.3 is 20.1 Å². The third-order valence-corrected chi connectivity index (χ3v) is 5.67. The number of nitrogens with zero attached hydrogens (tertiary/aromatic N) is 2. The highest BCUT2D eigenvalue weighted by Crippen LogP contribution is 2.21. The Morgan fingerprint density at radius 2 is 1.84 bits per heavy atom. The van der Waals surface area contributed by atoms with Gasteiger partial charge in [0.15, 0.2) is 11.2 Å². The van der Waals surface area contributed by atoms with E-state index in [0.29, 0.717) is 18.1 Å². The van der Waals surface area contributed by atoms with Crippen molar-refractivity contribution >= 4 is 29.1 Å². The van der Waals surface area contributed by atoms with Crippen molar-refractivity contribution in [3.8, 4) is 11.3 Å². The average Bonchev–Trinajstić information content (AvgIpc) is 2.81. The number of hydrogen-bond acceptors (Lipinski definition) is 4. The van der Waals surface area contributed by atoms with Gasteiger partial charge in [-0.15, -0.1) is 0 Å². The molecule has 1 atom stereocenters. The zero-order valence-corrected chi connectivity index (χ0v) is 20.2. The Balaban J connectivity index is 1.98. The monoisotopic (exact) mass is 457 g/mol. The van der Waals surface area contributed by atoms with Gasteiger partial charge in [0, 0.05) is 32.2 Å². The van der Waals surface area contributed by atoms with E-state index in [4.69, 9.17) is 21.9 Å². The standard InChI is InChI=1S/C25H35N3O3S/c1-4-6-7-8-9-17-26-25(32)28(3)23-12-10-11-21(27-23)20-15-13-19(14-16-20)18-22(24(29)30)31-5-2/h10-16,22H,4-9,17-18H2,1-3H3,(H,26,32)(H,29,30)/t22-/m0/s1. The fourth-order valence-electron chi connectivity index (χ4n) is 3.36. The van der Waals surface area contributed by atoms with Crippen molar-refractivity contribution < 1.29 is 14.6 Å². The van der Waals surface area contributed by atoms with Gasteiger partial charge in [-0.25, -0.2) is 9.78 Å². The van der Waals surface area contributed by atoms with E-state index in [1.165, 1.54) is 25.7 Å². The Kier molecular flexibility index (Phi) is 11.1. The molecule has 1 aromatic heterocycles. The van der Waals surface area contributed by atoms with Gasteiger partial charge in [-0.3, -0.25) is 0 Å². The molecule has 2 rings (SSSR count). The molecule has 0 saturated carbocycles. The SMILES string of the molecule is CCCCCCCNC(=S)N(C)c1cccc(-c2ccc(C[C@H](OCC)C(=O)O)cc2)n1. The van der Waals surface area contributed by atoms with Crippen LogP contribution in [-0.4, -0.2) is 47.5 Å². The lowest BCUT2D eigenvalue weighted by atomic mass is 10.0. The maximum atomic E-state index is 11.3. The molecular weight excluding hydrogens is 422 g/mol. The third kappa shape index (κ3) is 8.20. The highest BCUT2D eigenvalue weighted by Gasteiger charge is 2.18.